The molecule has 0 saturated heterocycles. The lowest BCUT2D eigenvalue weighted by atomic mass is 10.1. The van der Waals surface area contributed by atoms with E-state index in [9.17, 15) is 4.39 Å². The Kier molecular flexibility index (Phi) is 3.54. The largest absolute Gasteiger partial charge is 0.330 e. The molecule has 2 rings (SSSR count). The summed E-state index contributed by atoms with van der Waals surface area (Å²) in [5.41, 5.74) is 8.75. The Morgan fingerprint density at radius 2 is 2.00 bits per heavy atom. The molecule has 2 N–H and O–H groups in total. The monoisotopic (exact) mass is 233 g/mol. The zero-order chi connectivity index (χ0) is 12.3. The smallest absolute Gasteiger partial charge is 0.123 e. The Morgan fingerprint density at radius 3 is 2.59 bits per heavy atom. The summed E-state index contributed by atoms with van der Waals surface area (Å²) in [6, 6.07) is 6.35. The highest BCUT2D eigenvalue weighted by Crippen LogP contribution is 2.16. The van der Waals surface area contributed by atoms with Crippen LogP contribution in [0.25, 0.3) is 5.69 Å². The molecular weight excluding hydrogens is 217 g/mol. The van der Waals surface area contributed by atoms with Crippen molar-refractivity contribution in [2.24, 2.45) is 5.73 Å². The van der Waals surface area contributed by atoms with Gasteiger partial charge in [-0.15, -0.1) is 0 Å². The molecule has 1 aromatic carbocycles. The van der Waals surface area contributed by atoms with E-state index in [0.717, 1.165) is 24.2 Å². The molecule has 17 heavy (non-hydrogen) atoms. The summed E-state index contributed by atoms with van der Waals surface area (Å²) in [6.45, 7) is 2.69. The van der Waals surface area contributed by atoms with E-state index < -0.39 is 0 Å². The van der Waals surface area contributed by atoms with Gasteiger partial charge in [-0.1, -0.05) is 6.92 Å². The molecule has 0 atom stereocenters. The Morgan fingerprint density at radius 1 is 1.29 bits per heavy atom. The van der Waals surface area contributed by atoms with E-state index in [2.05, 4.69) is 12.0 Å². The van der Waals surface area contributed by atoms with E-state index >= 15 is 0 Å². The van der Waals surface area contributed by atoms with Crippen molar-refractivity contribution >= 4 is 0 Å². The quantitative estimate of drug-likeness (QED) is 0.878. The van der Waals surface area contributed by atoms with Crippen LogP contribution < -0.4 is 5.73 Å². The summed E-state index contributed by atoms with van der Waals surface area (Å²) in [5, 5.41) is 4.34. The van der Waals surface area contributed by atoms with Crippen molar-refractivity contribution in [1.82, 2.24) is 9.78 Å². The molecule has 0 fully saturated rings. The number of benzene rings is 1. The molecule has 0 aliphatic rings. The van der Waals surface area contributed by atoms with Crippen LogP contribution in [0.2, 0.25) is 0 Å². The molecule has 0 aliphatic carbocycles. The Bertz CT molecular complexity index is 488. The van der Waals surface area contributed by atoms with Crippen molar-refractivity contribution in [3.8, 4) is 5.69 Å². The van der Waals surface area contributed by atoms with Gasteiger partial charge >= 0.3 is 0 Å². The molecule has 0 aliphatic heterocycles. The maximum atomic E-state index is 12.9. The maximum Gasteiger partial charge on any atom is 0.123 e. The first-order valence-electron chi connectivity index (χ1n) is 5.78. The summed E-state index contributed by atoms with van der Waals surface area (Å²) in [7, 11) is 0. The molecule has 1 aromatic heterocycles. The second-order valence-corrected chi connectivity index (χ2v) is 3.90. The van der Waals surface area contributed by atoms with E-state index in [0.29, 0.717) is 6.54 Å². The number of hydrogen-bond donors (Lipinski definition) is 1. The predicted octanol–water partition coefficient (Wildman–Crippen LogP) is 2.07. The first-order chi connectivity index (χ1) is 8.26. The van der Waals surface area contributed by atoms with Crippen LogP contribution in [0.1, 0.15) is 18.2 Å². The molecule has 0 amide bonds. The number of rotatable bonds is 4. The Labute approximate surface area is 100 Å². The van der Waals surface area contributed by atoms with Gasteiger partial charge in [-0.05, 0) is 49.2 Å². The highest BCUT2D eigenvalue weighted by Gasteiger charge is 2.09. The first kappa shape index (κ1) is 11.8. The molecule has 0 bridgehead atoms. The fraction of sp³-hybridized carbons (Fsp3) is 0.308. The highest BCUT2D eigenvalue weighted by molar-refractivity contribution is 5.35. The zero-order valence-corrected chi connectivity index (χ0v) is 9.86. The molecule has 0 radical (unpaired) electrons. The van der Waals surface area contributed by atoms with E-state index in [4.69, 9.17) is 5.73 Å². The minimum atomic E-state index is -0.235. The van der Waals surface area contributed by atoms with Gasteiger partial charge < -0.3 is 5.73 Å². The van der Waals surface area contributed by atoms with E-state index in [1.165, 1.54) is 17.7 Å². The molecule has 2 aromatic rings. The SMILES string of the molecule is CCc1c(CCN)cnn1-c1ccc(F)cc1. The third kappa shape index (κ3) is 2.36. The Hall–Kier alpha value is -1.68. The van der Waals surface area contributed by atoms with Gasteiger partial charge in [0, 0.05) is 5.69 Å². The number of aromatic nitrogens is 2. The highest BCUT2D eigenvalue weighted by atomic mass is 19.1. The van der Waals surface area contributed by atoms with E-state index in [-0.39, 0.29) is 5.82 Å². The van der Waals surface area contributed by atoms with Crippen LogP contribution in [0.15, 0.2) is 30.5 Å². The van der Waals surface area contributed by atoms with Gasteiger partial charge in [-0.3, -0.25) is 0 Å². The van der Waals surface area contributed by atoms with Gasteiger partial charge in [0.05, 0.1) is 11.9 Å². The third-order valence-electron chi connectivity index (χ3n) is 2.78. The molecule has 3 nitrogen and oxygen atoms in total. The molecule has 1 heterocycles. The number of nitrogens with zero attached hydrogens (tertiary/aromatic N) is 2. The number of hydrogen-bond acceptors (Lipinski definition) is 2. The fourth-order valence-electron chi connectivity index (χ4n) is 1.95. The summed E-state index contributed by atoms with van der Waals surface area (Å²) in [6.07, 6.45) is 3.55. The van der Waals surface area contributed by atoms with Crippen molar-refractivity contribution < 1.29 is 4.39 Å². The van der Waals surface area contributed by atoms with Crippen molar-refractivity contribution in [2.45, 2.75) is 19.8 Å². The summed E-state index contributed by atoms with van der Waals surface area (Å²) in [5.74, 6) is -0.235. The van der Waals surface area contributed by atoms with Gasteiger partial charge in [0.15, 0.2) is 0 Å². The average molecular weight is 233 g/mol. The first-order valence-corrected chi connectivity index (χ1v) is 5.78. The van der Waals surface area contributed by atoms with Crippen LogP contribution >= 0.6 is 0 Å². The minimum absolute atomic E-state index is 0.235. The average Bonchev–Trinajstić information content (AvgIpc) is 2.73. The number of nitrogens with two attached hydrogens (primary N) is 1. The molecule has 90 valence electrons. The van der Waals surface area contributed by atoms with Gasteiger partial charge in [-0.2, -0.15) is 5.10 Å². The second-order valence-electron chi connectivity index (χ2n) is 3.90. The van der Waals surface area contributed by atoms with Gasteiger partial charge in [-0.25, -0.2) is 9.07 Å². The Balaban J connectivity index is 2.41. The van der Waals surface area contributed by atoms with Gasteiger partial charge in [0.25, 0.3) is 0 Å². The standard InChI is InChI=1S/C13H16FN3/c1-2-13-10(7-8-15)9-16-17(13)12-5-3-11(14)4-6-12/h3-6,9H,2,7-8,15H2,1H3. The molecular formula is C13H16FN3. The maximum absolute atomic E-state index is 12.9. The van der Waals surface area contributed by atoms with E-state index in [1.54, 1.807) is 12.1 Å². The summed E-state index contributed by atoms with van der Waals surface area (Å²) in [4.78, 5) is 0. The van der Waals surface area contributed by atoms with Crippen LogP contribution in [0.4, 0.5) is 4.39 Å². The lowest BCUT2D eigenvalue weighted by Gasteiger charge is -2.07. The van der Waals surface area contributed by atoms with Gasteiger partial charge in [0.2, 0.25) is 0 Å². The molecule has 4 heteroatoms. The van der Waals surface area contributed by atoms with Crippen LogP contribution in [0, 0.1) is 5.82 Å². The lowest BCUT2D eigenvalue weighted by Crippen LogP contribution is -2.06. The van der Waals surface area contributed by atoms with Crippen LogP contribution in [0.3, 0.4) is 0 Å². The van der Waals surface area contributed by atoms with Crippen molar-refractivity contribution in [2.75, 3.05) is 6.54 Å². The molecule has 0 unspecified atom stereocenters. The molecule has 0 spiro atoms. The van der Waals surface area contributed by atoms with Gasteiger partial charge in [0.1, 0.15) is 5.82 Å². The van der Waals surface area contributed by atoms with Crippen LogP contribution in [0.5, 0.6) is 0 Å². The van der Waals surface area contributed by atoms with Crippen molar-refractivity contribution in [3.05, 3.63) is 47.5 Å². The molecule has 0 saturated carbocycles. The predicted molar refractivity (Wildman–Crippen MR) is 65.7 cm³/mol. The summed E-state index contributed by atoms with van der Waals surface area (Å²) >= 11 is 0. The summed E-state index contributed by atoms with van der Waals surface area (Å²) < 4.78 is 14.7. The lowest BCUT2D eigenvalue weighted by molar-refractivity contribution is 0.626. The third-order valence-corrected chi connectivity index (χ3v) is 2.78. The minimum Gasteiger partial charge on any atom is -0.330 e. The van der Waals surface area contributed by atoms with Crippen molar-refractivity contribution in [1.29, 1.82) is 0 Å². The van der Waals surface area contributed by atoms with Crippen molar-refractivity contribution in [3.63, 3.8) is 0 Å². The second kappa shape index (κ2) is 5.10. The van der Waals surface area contributed by atoms with E-state index in [1.807, 2.05) is 10.9 Å². The zero-order valence-electron chi connectivity index (χ0n) is 9.86. The number of halogens is 1. The fourth-order valence-corrected chi connectivity index (χ4v) is 1.95. The van der Waals surface area contributed by atoms with Crippen LogP contribution in [-0.2, 0) is 12.8 Å². The van der Waals surface area contributed by atoms with Crippen LogP contribution in [-0.4, -0.2) is 16.3 Å². The topological polar surface area (TPSA) is 43.8 Å². The normalized spacial score (nSPS) is 10.8.